The fourth-order valence-corrected chi connectivity index (χ4v) is 2.47. The molecule has 0 atom stereocenters. The Hall–Kier alpha value is -2.21. The number of fused-ring (bicyclic) bond motifs is 1. The topological polar surface area (TPSA) is 66.9 Å². The second kappa shape index (κ2) is 4.72. The van der Waals surface area contributed by atoms with Crippen LogP contribution in [0.2, 0.25) is 0 Å². The van der Waals surface area contributed by atoms with E-state index in [0.29, 0.717) is 43.1 Å². The Labute approximate surface area is 115 Å². The maximum atomic E-state index is 12.3. The number of benzene rings is 1. The monoisotopic (exact) mass is 274 g/mol. The van der Waals surface area contributed by atoms with E-state index < -0.39 is 11.7 Å². The normalized spacial score (nSPS) is 18.4. The third-order valence-corrected chi connectivity index (χ3v) is 3.65. The van der Waals surface area contributed by atoms with E-state index in [4.69, 9.17) is 4.74 Å². The largest absolute Gasteiger partial charge is 0.378 e. The van der Waals surface area contributed by atoms with Gasteiger partial charge in [0.25, 0.3) is 17.6 Å². The van der Waals surface area contributed by atoms with Gasteiger partial charge in [-0.05, 0) is 18.2 Å². The lowest BCUT2D eigenvalue weighted by Crippen LogP contribution is -2.40. The third kappa shape index (κ3) is 1.89. The highest BCUT2D eigenvalue weighted by atomic mass is 16.5. The van der Waals surface area contributed by atoms with Crippen LogP contribution < -0.4 is 4.90 Å². The van der Waals surface area contributed by atoms with Gasteiger partial charge >= 0.3 is 0 Å². The molecule has 1 aromatic rings. The van der Waals surface area contributed by atoms with E-state index in [0.717, 1.165) is 0 Å². The summed E-state index contributed by atoms with van der Waals surface area (Å²) in [5.74, 6) is -1.25. The van der Waals surface area contributed by atoms with Gasteiger partial charge in [-0.1, -0.05) is 0 Å². The number of rotatable bonds is 1. The lowest BCUT2D eigenvalue weighted by Gasteiger charge is -2.27. The van der Waals surface area contributed by atoms with E-state index in [1.54, 1.807) is 24.1 Å². The Morgan fingerprint density at radius 1 is 1.20 bits per heavy atom. The molecule has 1 saturated heterocycles. The van der Waals surface area contributed by atoms with E-state index in [1.165, 1.54) is 11.0 Å². The van der Waals surface area contributed by atoms with E-state index in [9.17, 15) is 14.4 Å². The van der Waals surface area contributed by atoms with Gasteiger partial charge in [0, 0.05) is 25.7 Å². The zero-order valence-electron chi connectivity index (χ0n) is 11.1. The number of ketones is 1. The Kier molecular flexibility index (Phi) is 3.02. The zero-order valence-corrected chi connectivity index (χ0v) is 11.1. The summed E-state index contributed by atoms with van der Waals surface area (Å²) in [6, 6.07) is 4.81. The van der Waals surface area contributed by atoms with Crippen LogP contribution in [0.15, 0.2) is 18.2 Å². The number of hydrogen-bond acceptors (Lipinski definition) is 4. The van der Waals surface area contributed by atoms with Gasteiger partial charge in [0.05, 0.1) is 24.5 Å². The first-order valence-corrected chi connectivity index (χ1v) is 6.43. The molecule has 0 N–H and O–H groups in total. The SMILES string of the molecule is CN1C(=O)C(=O)c2cc(C(=O)N3CCOCC3)ccc21. The van der Waals surface area contributed by atoms with Crippen LogP contribution in [0.5, 0.6) is 0 Å². The van der Waals surface area contributed by atoms with Crippen molar-refractivity contribution >= 4 is 23.3 Å². The Morgan fingerprint density at radius 3 is 2.60 bits per heavy atom. The Morgan fingerprint density at radius 2 is 1.90 bits per heavy atom. The van der Waals surface area contributed by atoms with Crippen LogP contribution in [0.4, 0.5) is 5.69 Å². The first-order valence-electron chi connectivity index (χ1n) is 6.43. The molecule has 0 spiro atoms. The number of ether oxygens (including phenoxy) is 1. The lowest BCUT2D eigenvalue weighted by molar-refractivity contribution is -0.114. The molecule has 0 radical (unpaired) electrons. The molecule has 2 aliphatic rings. The first kappa shape index (κ1) is 12.8. The number of carbonyl (C=O) groups excluding carboxylic acids is 3. The molecule has 104 valence electrons. The molecule has 0 aliphatic carbocycles. The van der Waals surface area contributed by atoms with E-state index in [1.807, 2.05) is 0 Å². The molecule has 2 amide bonds. The number of morpholine rings is 1. The van der Waals surface area contributed by atoms with Crippen molar-refractivity contribution in [3.63, 3.8) is 0 Å². The van der Waals surface area contributed by atoms with Crippen molar-refractivity contribution in [1.29, 1.82) is 0 Å². The maximum absolute atomic E-state index is 12.3. The van der Waals surface area contributed by atoms with Gasteiger partial charge in [0.15, 0.2) is 0 Å². The first-order chi connectivity index (χ1) is 9.59. The predicted octanol–water partition coefficient (Wildman–Crippen LogP) is 0.318. The number of likely N-dealkylation sites (N-methyl/N-ethyl adjacent to an activating group) is 1. The van der Waals surface area contributed by atoms with Crippen LogP contribution in [0.25, 0.3) is 0 Å². The average Bonchev–Trinajstić information content (AvgIpc) is 2.72. The fourth-order valence-electron chi connectivity index (χ4n) is 2.47. The molecule has 0 bridgehead atoms. The number of anilines is 1. The summed E-state index contributed by atoms with van der Waals surface area (Å²) in [4.78, 5) is 38.8. The molecular weight excluding hydrogens is 260 g/mol. The van der Waals surface area contributed by atoms with Crippen LogP contribution in [0, 0.1) is 0 Å². The average molecular weight is 274 g/mol. The van der Waals surface area contributed by atoms with Gasteiger partial charge < -0.3 is 14.5 Å². The standard InChI is InChI=1S/C14H14N2O4/c1-15-11-3-2-9(8-10(11)12(17)14(15)19)13(18)16-4-6-20-7-5-16/h2-3,8H,4-7H2,1H3. The van der Waals surface area contributed by atoms with Crippen molar-refractivity contribution < 1.29 is 19.1 Å². The quantitative estimate of drug-likeness (QED) is 0.692. The van der Waals surface area contributed by atoms with E-state index >= 15 is 0 Å². The minimum absolute atomic E-state index is 0.133. The number of hydrogen-bond donors (Lipinski definition) is 0. The molecule has 2 heterocycles. The molecule has 1 aromatic carbocycles. The van der Waals surface area contributed by atoms with Crippen LogP contribution in [-0.4, -0.2) is 55.8 Å². The molecule has 0 saturated carbocycles. The fraction of sp³-hybridized carbons (Fsp3) is 0.357. The van der Waals surface area contributed by atoms with Crippen molar-refractivity contribution in [1.82, 2.24) is 4.90 Å². The number of nitrogens with zero attached hydrogens (tertiary/aromatic N) is 2. The van der Waals surface area contributed by atoms with Gasteiger partial charge in [-0.15, -0.1) is 0 Å². The summed E-state index contributed by atoms with van der Waals surface area (Å²) in [7, 11) is 1.55. The summed E-state index contributed by atoms with van der Waals surface area (Å²) in [6.07, 6.45) is 0. The molecule has 20 heavy (non-hydrogen) atoms. The second-order valence-corrected chi connectivity index (χ2v) is 4.83. The van der Waals surface area contributed by atoms with E-state index in [2.05, 4.69) is 0 Å². The minimum atomic E-state index is -0.559. The summed E-state index contributed by atoms with van der Waals surface area (Å²) in [5.41, 5.74) is 1.29. The van der Waals surface area contributed by atoms with Crippen molar-refractivity contribution in [2.75, 3.05) is 38.3 Å². The second-order valence-electron chi connectivity index (χ2n) is 4.83. The van der Waals surface area contributed by atoms with Crippen molar-refractivity contribution in [3.05, 3.63) is 29.3 Å². The number of amides is 2. The highest BCUT2D eigenvalue weighted by Crippen LogP contribution is 2.28. The molecular formula is C14H14N2O4. The summed E-state index contributed by atoms with van der Waals surface area (Å²) in [5, 5.41) is 0. The van der Waals surface area contributed by atoms with Gasteiger partial charge in [0.1, 0.15) is 0 Å². The van der Waals surface area contributed by atoms with Crippen molar-refractivity contribution in [2.45, 2.75) is 0 Å². The highest BCUT2D eigenvalue weighted by molar-refractivity contribution is 6.52. The zero-order chi connectivity index (χ0) is 14.3. The van der Waals surface area contributed by atoms with Crippen LogP contribution in [-0.2, 0) is 9.53 Å². The van der Waals surface area contributed by atoms with Crippen molar-refractivity contribution in [2.24, 2.45) is 0 Å². The summed E-state index contributed by atoms with van der Waals surface area (Å²) in [6.45, 7) is 2.14. The maximum Gasteiger partial charge on any atom is 0.299 e. The molecule has 0 unspecified atom stereocenters. The molecule has 3 rings (SSSR count). The van der Waals surface area contributed by atoms with Gasteiger partial charge in [-0.25, -0.2) is 0 Å². The number of carbonyl (C=O) groups is 3. The number of Topliss-reactive ketones (excluding diaryl/α,β-unsaturated/α-hetero) is 1. The van der Waals surface area contributed by atoms with Gasteiger partial charge in [-0.3, -0.25) is 14.4 Å². The lowest BCUT2D eigenvalue weighted by atomic mass is 10.1. The van der Waals surface area contributed by atoms with Crippen LogP contribution in [0.1, 0.15) is 20.7 Å². The predicted molar refractivity (Wildman–Crippen MR) is 70.9 cm³/mol. The summed E-state index contributed by atoms with van der Waals surface area (Å²) >= 11 is 0. The molecule has 6 nitrogen and oxygen atoms in total. The van der Waals surface area contributed by atoms with Gasteiger partial charge in [-0.2, -0.15) is 0 Å². The van der Waals surface area contributed by atoms with Gasteiger partial charge in [0.2, 0.25) is 0 Å². The minimum Gasteiger partial charge on any atom is -0.378 e. The molecule has 6 heteroatoms. The van der Waals surface area contributed by atoms with Crippen LogP contribution in [0.3, 0.4) is 0 Å². The van der Waals surface area contributed by atoms with Crippen molar-refractivity contribution in [3.8, 4) is 0 Å². The highest BCUT2D eigenvalue weighted by Gasteiger charge is 2.34. The van der Waals surface area contributed by atoms with E-state index in [-0.39, 0.29) is 5.91 Å². The van der Waals surface area contributed by atoms with Crippen LogP contribution >= 0.6 is 0 Å². The Balaban J connectivity index is 1.91. The third-order valence-electron chi connectivity index (χ3n) is 3.65. The molecule has 1 fully saturated rings. The smallest absolute Gasteiger partial charge is 0.299 e. The Bertz CT molecular complexity index is 605. The summed E-state index contributed by atoms with van der Waals surface area (Å²) < 4.78 is 5.21. The molecule has 2 aliphatic heterocycles. The molecule has 0 aromatic heterocycles.